The van der Waals surface area contributed by atoms with E-state index in [1.165, 1.54) is 6.92 Å². The number of aryl methyl sites for hydroxylation is 1. The van der Waals surface area contributed by atoms with Crippen LogP contribution in [0.1, 0.15) is 22.3 Å². The van der Waals surface area contributed by atoms with Gasteiger partial charge in [-0.25, -0.2) is 8.78 Å². The molecule has 8 heteroatoms. The van der Waals surface area contributed by atoms with Crippen molar-refractivity contribution in [3.8, 4) is 0 Å². The topological polar surface area (TPSA) is 66.9 Å². The summed E-state index contributed by atoms with van der Waals surface area (Å²) < 4.78 is 27.0. The van der Waals surface area contributed by atoms with Crippen molar-refractivity contribution in [3.63, 3.8) is 0 Å². The van der Waals surface area contributed by atoms with Gasteiger partial charge in [0.05, 0.1) is 5.69 Å². The minimum absolute atomic E-state index is 0.0707. The summed E-state index contributed by atoms with van der Waals surface area (Å²) in [6.07, 6.45) is 0. The minimum Gasteiger partial charge on any atom is -0.360 e. The summed E-state index contributed by atoms with van der Waals surface area (Å²) in [7, 11) is 0. The Bertz CT molecular complexity index is 644. The van der Waals surface area contributed by atoms with Crippen molar-refractivity contribution in [2.75, 3.05) is 17.2 Å². The number of amides is 1. The average molecular weight is 298 g/mol. The van der Waals surface area contributed by atoms with Crippen molar-refractivity contribution in [2.45, 2.75) is 13.8 Å². The Hall–Kier alpha value is -2.09. The first-order chi connectivity index (χ1) is 9.51. The summed E-state index contributed by atoms with van der Waals surface area (Å²) in [5, 5.41) is 13.2. The van der Waals surface area contributed by atoms with Crippen molar-refractivity contribution in [2.24, 2.45) is 0 Å². The summed E-state index contributed by atoms with van der Waals surface area (Å²) in [5.41, 5.74) is -0.0517. The predicted molar refractivity (Wildman–Crippen MR) is 73.1 cm³/mol. The Morgan fingerprint density at radius 3 is 2.75 bits per heavy atom. The zero-order valence-corrected chi connectivity index (χ0v) is 11.6. The highest BCUT2D eigenvalue weighted by atomic mass is 32.1. The molecule has 0 saturated heterocycles. The van der Waals surface area contributed by atoms with Crippen LogP contribution in [-0.4, -0.2) is 22.6 Å². The van der Waals surface area contributed by atoms with Crippen LogP contribution in [0.25, 0.3) is 0 Å². The van der Waals surface area contributed by atoms with E-state index in [1.807, 2.05) is 6.92 Å². The van der Waals surface area contributed by atoms with Gasteiger partial charge in [-0.15, -0.1) is 10.2 Å². The number of rotatable bonds is 4. The van der Waals surface area contributed by atoms with Gasteiger partial charge in [0.2, 0.25) is 10.1 Å². The molecule has 0 aliphatic heterocycles. The van der Waals surface area contributed by atoms with Crippen LogP contribution < -0.4 is 10.6 Å². The van der Waals surface area contributed by atoms with Crippen LogP contribution in [0.4, 0.5) is 19.6 Å². The normalized spacial score (nSPS) is 10.4. The molecule has 106 valence electrons. The van der Waals surface area contributed by atoms with E-state index in [2.05, 4.69) is 20.8 Å². The smallest absolute Gasteiger partial charge is 0.286 e. The zero-order chi connectivity index (χ0) is 14.7. The number of hydrogen-bond donors (Lipinski definition) is 2. The molecule has 0 bridgehead atoms. The molecule has 0 aliphatic carbocycles. The van der Waals surface area contributed by atoms with Gasteiger partial charge in [0, 0.05) is 12.6 Å². The second-order valence-corrected chi connectivity index (χ2v) is 4.96. The molecule has 0 radical (unpaired) electrons. The average Bonchev–Trinajstić information content (AvgIpc) is 2.85. The molecule has 2 N–H and O–H groups in total. The Morgan fingerprint density at radius 1 is 1.30 bits per heavy atom. The number of hydrogen-bond acceptors (Lipinski definition) is 5. The van der Waals surface area contributed by atoms with E-state index in [-0.39, 0.29) is 16.3 Å². The molecule has 0 aliphatic rings. The summed E-state index contributed by atoms with van der Waals surface area (Å²) in [5.74, 6) is -1.92. The van der Waals surface area contributed by atoms with Crippen LogP contribution in [-0.2, 0) is 0 Å². The molecule has 2 rings (SSSR count). The second kappa shape index (κ2) is 5.91. The van der Waals surface area contributed by atoms with Gasteiger partial charge >= 0.3 is 0 Å². The van der Waals surface area contributed by atoms with Gasteiger partial charge in [-0.2, -0.15) is 0 Å². The van der Waals surface area contributed by atoms with Gasteiger partial charge in [-0.05, 0) is 25.5 Å². The van der Waals surface area contributed by atoms with Gasteiger partial charge < -0.3 is 10.6 Å². The van der Waals surface area contributed by atoms with Crippen LogP contribution >= 0.6 is 11.3 Å². The number of nitrogens with zero attached hydrogens (tertiary/aromatic N) is 2. The molecule has 0 spiro atoms. The highest BCUT2D eigenvalue weighted by molar-refractivity contribution is 7.17. The molecule has 0 fully saturated rings. The third-order valence-electron chi connectivity index (χ3n) is 2.44. The molecular formula is C12H12F2N4OS. The lowest BCUT2D eigenvalue weighted by molar-refractivity contribution is 0.102. The lowest BCUT2D eigenvalue weighted by Gasteiger charge is -2.06. The van der Waals surface area contributed by atoms with Gasteiger partial charge in [0.25, 0.3) is 5.91 Å². The van der Waals surface area contributed by atoms with E-state index in [9.17, 15) is 13.6 Å². The fourth-order valence-corrected chi connectivity index (χ4v) is 2.16. The first-order valence-electron chi connectivity index (χ1n) is 5.85. The Kier molecular flexibility index (Phi) is 4.23. The third-order valence-corrected chi connectivity index (χ3v) is 3.32. The lowest BCUT2D eigenvalue weighted by atomic mass is 10.2. The maximum absolute atomic E-state index is 13.6. The number of carbonyl (C=O) groups is 1. The first-order valence-corrected chi connectivity index (χ1v) is 6.67. The molecule has 1 aromatic heterocycles. The molecular weight excluding hydrogens is 286 g/mol. The molecule has 1 heterocycles. The summed E-state index contributed by atoms with van der Waals surface area (Å²) in [4.78, 5) is 11.9. The van der Waals surface area contributed by atoms with Gasteiger partial charge in [-0.3, -0.25) is 4.79 Å². The summed E-state index contributed by atoms with van der Waals surface area (Å²) in [6, 6.07) is 1.96. The highest BCUT2D eigenvalue weighted by Crippen LogP contribution is 2.21. The third kappa shape index (κ3) is 3.08. The van der Waals surface area contributed by atoms with Crippen LogP contribution in [0.2, 0.25) is 0 Å². The number of anilines is 2. The number of benzene rings is 1. The van der Waals surface area contributed by atoms with E-state index in [1.54, 1.807) is 0 Å². The molecule has 5 nitrogen and oxygen atoms in total. The quantitative estimate of drug-likeness (QED) is 0.911. The Morgan fingerprint density at radius 2 is 2.05 bits per heavy atom. The van der Waals surface area contributed by atoms with Gasteiger partial charge in [-0.1, -0.05) is 11.3 Å². The fraction of sp³-hybridized carbons (Fsp3) is 0.250. The van der Waals surface area contributed by atoms with Crippen molar-refractivity contribution >= 4 is 28.1 Å². The lowest BCUT2D eigenvalue weighted by Crippen LogP contribution is -2.13. The van der Waals surface area contributed by atoms with Crippen molar-refractivity contribution in [3.05, 3.63) is 34.3 Å². The SMILES string of the molecule is CCNc1nnc(C(=O)Nc2cc(F)c(C)cc2F)s1. The zero-order valence-electron chi connectivity index (χ0n) is 10.8. The predicted octanol–water partition coefficient (Wildman–Crippen LogP) is 2.81. The van der Waals surface area contributed by atoms with Crippen LogP contribution in [0.5, 0.6) is 0 Å². The second-order valence-electron chi connectivity index (χ2n) is 3.98. The number of carbonyl (C=O) groups excluding carboxylic acids is 1. The number of aromatic nitrogens is 2. The molecule has 2 aromatic rings. The van der Waals surface area contributed by atoms with Crippen LogP contribution in [0.15, 0.2) is 12.1 Å². The molecule has 1 aromatic carbocycles. The van der Waals surface area contributed by atoms with Crippen LogP contribution in [0.3, 0.4) is 0 Å². The minimum atomic E-state index is -0.700. The van der Waals surface area contributed by atoms with E-state index < -0.39 is 17.5 Å². The molecule has 0 unspecified atom stereocenters. The maximum atomic E-state index is 13.6. The van der Waals surface area contributed by atoms with E-state index in [0.29, 0.717) is 11.7 Å². The van der Waals surface area contributed by atoms with Gasteiger partial charge in [0.1, 0.15) is 11.6 Å². The van der Waals surface area contributed by atoms with Crippen molar-refractivity contribution in [1.29, 1.82) is 0 Å². The van der Waals surface area contributed by atoms with E-state index in [0.717, 1.165) is 23.5 Å². The van der Waals surface area contributed by atoms with Gasteiger partial charge in [0.15, 0.2) is 0 Å². The molecule has 0 atom stereocenters. The Balaban J connectivity index is 2.16. The van der Waals surface area contributed by atoms with Crippen molar-refractivity contribution < 1.29 is 13.6 Å². The van der Waals surface area contributed by atoms with Crippen LogP contribution in [0, 0.1) is 18.6 Å². The van der Waals surface area contributed by atoms with Crippen molar-refractivity contribution in [1.82, 2.24) is 10.2 Å². The monoisotopic (exact) mass is 298 g/mol. The molecule has 1 amide bonds. The molecule has 20 heavy (non-hydrogen) atoms. The Labute approximate surface area is 118 Å². The first kappa shape index (κ1) is 14.3. The maximum Gasteiger partial charge on any atom is 0.286 e. The largest absolute Gasteiger partial charge is 0.360 e. The summed E-state index contributed by atoms with van der Waals surface area (Å²) >= 11 is 1.04. The fourth-order valence-electron chi connectivity index (χ4n) is 1.46. The standard InChI is InChI=1S/C12H12F2N4OS/c1-3-15-12-18-17-11(20-12)10(19)16-9-5-7(13)6(2)4-8(9)14/h4-5H,3H2,1-2H3,(H,15,18)(H,16,19). The number of halogens is 2. The summed E-state index contributed by atoms with van der Waals surface area (Å²) in [6.45, 7) is 3.97. The number of nitrogens with one attached hydrogen (secondary N) is 2. The molecule has 0 saturated carbocycles. The van der Waals surface area contributed by atoms with E-state index in [4.69, 9.17) is 0 Å². The van der Waals surface area contributed by atoms with E-state index >= 15 is 0 Å². The highest BCUT2D eigenvalue weighted by Gasteiger charge is 2.16.